The minimum Gasteiger partial charge on any atom is -0.508 e. The minimum absolute atomic E-state index is 0.105. The first kappa shape index (κ1) is 15.0. The summed E-state index contributed by atoms with van der Waals surface area (Å²) in [6.45, 7) is 5.28. The maximum Gasteiger partial charge on any atom is 0.410 e. The normalized spacial score (nSPS) is 12.6. The van der Waals surface area contributed by atoms with Crippen LogP contribution in [0.15, 0.2) is 24.3 Å². The molecular weight excluding hydrogens is 246 g/mol. The Morgan fingerprint density at radius 2 is 1.84 bits per heavy atom. The predicted molar refractivity (Wildman–Crippen MR) is 70.9 cm³/mol. The van der Waals surface area contributed by atoms with E-state index < -0.39 is 17.7 Å². The molecule has 0 heterocycles. The molecule has 0 aromatic heterocycles. The molecule has 1 N–H and O–H groups in total. The molecule has 1 aromatic rings. The predicted octanol–water partition coefficient (Wildman–Crippen LogP) is 2.50. The number of ether oxygens (including phenoxy) is 1. The Bertz CT molecular complexity index is 448. The number of hydrogen-bond donors (Lipinski definition) is 1. The van der Waals surface area contributed by atoms with Gasteiger partial charge in [0.15, 0.2) is 0 Å². The van der Waals surface area contributed by atoms with Gasteiger partial charge >= 0.3 is 6.09 Å². The fourth-order valence-electron chi connectivity index (χ4n) is 1.51. The molecule has 19 heavy (non-hydrogen) atoms. The lowest BCUT2D eigenvalue weighted by molar-refractivity contribution is -0.112. The number of likely N-dealkylation sites (N-methyl/N-ethyl adjacent to an activating group) is 1. The van der Waals surface area contributed by atoms with Crippen LogP contribution >= 0.6 is 0 Å². The number of benzene rings is 1. The third-order valence-corrected chi connectivity index (χ3v) is 2.46. The molecule has 0 aliphatic carbocycles. The quantitative estimate of drug-likeness (QED) is 0.853. The third kappa shape index (κ3) is 4.28. The zero-order valence-electron chi connectivity index (χ0n) is 11.6. The van der Waals surface area contributed by atoms with E-state index in [1.807, 2.05) is 0 Å². The highest BCUT2D eigenvalue weighted by Crippen LogP contribution is 2.21. The van der Waals surface area contributed by atoms with Gasteiger partial charge in [-0.25, -0.2) is 4.79 Å². The number of carbonyl (C=O) groups excluding carboxylic acids is 2. The van der Waals surface area contributed by atoms with Crippen LogP contribution in [0.2, 0.25) is 0 Å². The molecule has 0 aliphatic rings. The fraction of sp³-hybridized carbons (Fsp3) is 0.429. The van der Waals surface area contributed by atoms with Gasteiger partial charge in [-0.1, -0.05) is 12.1 Å². The second-order valence-electron chi connectivity index (χ2n) is 5.26. The van der Waals surface area contributed by atoms with E-state index in [0.717, 1.165) is 0 Å². The summed E-state index contributed by atoms with van der Waals surface area (Å²) in [6.07, 6.45) is 0.0914. The molecule has 1 aromatic carbocycles. The number of aldehydes is 1. The molecule has 0 saturated carbocycles. The zero-order valence-corrected chi connectivity index (χ0v) is 11.6. The summed E-state index contributed by atoms with van der Waals surface area (Å²) in [5.41, 5.74) is -0.00514. The van der Waals surface area contributed by atoms with Crippen LogP contribution in [0, 0.1) is 0 Å². The van der Waals surface area contributed by atoms with Crippen molar-refractivity contribution in [3.63, 3.8) is 0 Å². The number of amides is 1. The van der Waals surface area contributed by atoms with Gasteiger partial charge in [-0.3, -0.25) is 4.90 Å². The Labute approximate surface area is 112 Å². The van der Waals surface area contributed by atoms with Crippen LogP contribution < -0.4 is 0 Å². The van der Waals surface area contributed by atoms with Crippen molar-refractivity contribution in [3.05, 3.63) is 29.8 Å². The van der Waals surface area contributed by atoms with E-state index in [2.05, 4.69) is 0 Å². The Balaban J connectivity index is 2.88. The number of nitrogens with zero attached hydrogens (tertiary/aromatic N) is 1. The van der Waals surface area contributed by atoms with Crippen molar-refractivity contribution in [2.24, 2.45) is 0 Å². The van der Waals surface area contributed by atoms with Crippen LogP contribution in [0.4, 0.5) is 4.79 Å². The second-order valence-corrected chi connectivity index (χ2v) is 5.26. The van der Waals surface area contributed by atoms with Crippen LogP contribution in [0.3, 0.4) is 0 Å². The topological polar surface area (TPSA) is 66.8 Å². The largest absolute Gasteiger partial charge is 0.508 e. The van der Waals surface area contributed by atoms with Gasteiger partial charge in [0.1, 0.15) is 23.7 Å². The van der Waals surface area contributed by atoms with E-state index in [4.69, 9.17) is 4.74 Å². The van der Waals surface area contributed by atoms with E-state index in [1.54, 1.807) is 32.9 Å². The number of phenolic OH excluding ortho intramolecular Hbond substituents is 1. The third-order valence-electron chi connectivity index (χ3n) is 2.46. The zero-order chi connectivity index (χ0) is 14.6. The molecule has 5 heteroatoms. The summed E-state index contributed by atoms with van der Waals surface area (Å²) in [7, 11) is 1.50. The number of hydrogen-bond acceptors (Lipinski definition) is 4. The number of phenols is 1. The molecule has 1 rings (SSSR count). The van der Waals surface area contributed by atoms with Crippen molar-refractivity contribution in [2.75, 3.05) is 7.05 Å². The molecule has 5 nitrogen and oxygen atoms in total. The smallest absolute Gasteiger partial charge is 0.410 e. The highest BCUT2D eigenvalue weighted by molar-refractivity contribution is 5.74. The van der Waals surface area contributed by atoms with Gasteiger partial charge in [-0.15, -0.1) is 0 Å². The minimum atomic E-state index is -0.740. The monoisotopic (exact) mass is 265 g/mol. The standard InChI is InChI=1S/C14H19NO4/c1-14(2,3)19-13(18)15(4)12(9-16)10-5-7-11(17)8-6-10/h5-9,12,17H,1-4H3. The summed E-state index contributed by atoms with van der Waals surface area (Å²) in [5, 5.41) is 9.22. The van der Waals surface area contributed by atoms with Gasteiger partial charge in [0, 0.05) is 7.05 Å². The maximum absolute atomic E-state index is 11.9. The molecule has 1 unspecified atom stereocenters. The lowest BCUT2D eigenvalue weighted by Gasteiger charge is -2.28. The lowest BCUT2D eigenvalue weighted by atomic mass is 10.1. The first-order valence-corrected chi connectivity index (χ1v) is 5.94. The number of carbonyl (C=O) groups is 2. The fourth-order valence-corrected chi connectivity index (χ4v) is 1.51. The van der Waals surface area contributed by atoms with E-state index in [1.165, 1.54) is 24.1 Å². The van der Waals surface area contributed by atoms with Gasteiger partial charge in [0.05, 0.1) is 0 Å². The molecule has 0 saturated heterocycles. The van der Waals surface area contributed by atoms with Gasteiger partial charge in [-0.2, -0.15) is 0 Å². The van der Waals surface area contributed by atoms with E-state index in [-0.39, 0.29) is 5.75 Å². The van der Waals surface area contributed by atoms with Crippen molar-refractivity contribution in [3.8, 4) is 5.75 Å². The maximum atomic E-state index is 11.9. The van der Waals surface area contributed by atoms with Crippen molar-refractivity contribution in [1.82, 2.24) is 4.90 Å². The van der Waals surface area contributed by atoms with Gasteiger partial charge in [0.2, 0.25) is 0 Å². The van der Waals surface area contributed by atoms with E-state index in [0.29, 0.717) is 11.8 Å². The summed E-state index contributed by atoms with van der Waals surface area (Å²) in [5.74, 6) is 0.105. The van der Waals surface area contributed by atoms with Gasteiger partial charge in [-0.05, 0) is 38.5 Å². The number of aromatic hydroxyl groups is 1. The Morgan fingerprint density at radius 1 is 1.32 bits per heavy atom. The van der Waals surface area contributed by atoms with Gasteiger partial charge in [0.25, 0.3) is 0 Å². The summed E-state index contributed by atoms with van der Waals surface area (Å²) >= 11 is 0. The van der Waals surface area contributed by atoms with Gasteiger partial charge < -0.3 is 14.6 Å². The average Bonchev–Trinajstić information content (AvgIpc) is 2.30. The highest BCUT2D eigenvalue weighted by Gasteiger charge is 2.26. The molecule has 0 fully saturated rings. The van der Waals surface area contributed by atoms with Crippen molar-refractivity contribution < 1.29 is 19.4 Å². The molecule has 0 spiro atoms. The molecule has 0 radical (unpaired) electrons. The molecule has 0 bridgehead atoms. The van der Waals surface area contributed by atoms with Crippen LogP contribution in [-0.2, 0) is 9.53 Å². The van der Waals surface area contributed by atoms with Crippen molar-refractivity contribution in [1.29, 1.82) is 0 Å². The number of rotatable bonds is 3. The first-order chi connectivity index (χ1) is 8.74. The molecule has 1 amide bonds. The average molecular weight is 265 g/mol. The second kappa shape index (κ2) is 5.73. The molecular formula is C14H19NO4. The lowest BCUT2D eigenvalue weighted by Crippen LogP contribution is -2.37. The van der Waals surface area contributed by atoms with Crippen molar-refractivity contribution in [2.45, 2.75) is 32.4 Å². The SMILES string of the molecule is CN(C(=O)OC(C)(C)C)C(C=O)c1ccc(O)cc1. The Kier molecular flexibility index (Phi) is 4.53. The van der Waals surface area contributed by atoms with E-state index in [9.17, 15) is 14.7 Å². The Morgan fingerprint density at radius 3 is 2.26 bits per heavy atom. The van der Waals surface area contributed by atoms with Crippen LogP contribution in [-0.4, -0.2) is 35.0 Å². The van der Waals surface area contributed by atoms with E-state index >= 15 is 0 Å². The highest BCUT2D eigenvalue weighted by atomic mass is 16.6. The summed E-state index contributed by atoms with van der Waals surface area (Å²) in [6, 6.07) is 5.38. The molecule has 104 valence electrons. The van der Waals surface area contributed by atoms with Crippen molar-refractivity contribution >= 4 is 12.4 Å². The van der Waals surface area contributed by atoms with Crippen LogP contribution in [0.1, 0.15) is 32.4 Å². The summed E-state index contributed by atoms with van der Waals surface area (Å²) < 4.78 is 5.21. The van der Waals surface area contributed by atoms with Crippen LogP contribution in [0.5, 0.6) is 5.75 Å². The first-order valence-electron chi connectivity index (χ1n) is 5.94. The molecule has 0 aliphatic heterocycles. The Hall–Kier alpha value is -2.04. The molecule has 1 atom stereocenters. The summed E-state index contributed by atoms with van der Waals surface area (Å²) in [4.78, 5) is 24.3. The van der Waals surface area contributed by atoms with Crippen LogP contribution in [0.25, 0.3) is 0 Å².